The Morgan fingerprint density at radius 1 is 1.24 bits per heavy atom. The van der Waals surface area contributed by atoms with E-state index in [0.29, 0.717) is 32.7 Å². The van der Waals surface area contributed by atoms with Crippen molar-refractivity contribution in [2.45, 2.75) is 19.3 Å². The van der Waals surface area contributed by atoms with Crippen LogP contribution in [0.2, 0.25) is 0 Å². The van der Waals surface area contributed by atoms with E-state index in [1.54, 1.807) is 14.2 Å². The topological polar surface area (TPSA) is 65.0 Å². The second-order valence-corrected chi connectivity index (χ2v) is 4.84. The summed E-state index contributed by atoms with van der Waals surface area (Å²) in [6.45, 7) is 1.70. The second-order valence-electron chi connectivity index (χ2n) is 4.84. The first kappa shape index (κ1) is 17.5. The average Bonchev–Trinajstić information content (AvgIpc) is 2.49. The highest BCUT2D eigenvalue weighted by molar-refractivity contribution is 5.70. The molecule has 0 radical (unpaired) electrons. The van der Waals surface area contributed by atoms with E-state index in [1.807, 2.05) is 24.3 Å². The molecular weight excluding hydrogens is 272 g/mol. The molecule has 21 heavy (non-hydrogen) atoms. The number of carboxylic acids is 1. The monoisotopic (exact) mass is 296 g/mol. The Labute approximate surface area is 125 Å². The van der Waals surface area contributed by atoms with E-state index in [9.17, 15) is 9.90 Å². The van der Waals surface area contributed by atoms with Crippen LogP contribution in [0.5, 0.6) is 5.75 Å². The van der Waals surface area contributed by atoms with Gasteiger partial charge in [0.2, 0.25) is 0 Å². The first-order valence-electron chi connectivity index (χ1n) is 7.09. The Balaban J connectivity index is 2.40. The molecule has 0 spiro atoms. The molecule has 1 unspecified atom stereocenters. The zero-order valence-corrected chi connectivity index (χ0v) is 12.7. The lowest BCUT2D eigenvalue weighted by atomic mass is 9.96. The standard InChI is InChI=1S/C16H24O5/c1-19-8-4-9-21-10-7-14(16(17)18)11-13-5-3-6-15(12-13)20-2/h3,5-6,12,14H,4,7-11H2,1-2H3,(H,17,18). The molecule has 1 aromatic carbocycles. The predicted octanol–water partition coefficient (Wildman–Crippen LogP) is 2.38. The quantitative estimate of drug-likeness (QED) is 0.635. The lowest BCUT2D eigenvalue weighted by Crippen LogP contribution is -2.19. The van der Waals surface area contributed by atoms with Crippen molar-refractivity contribution in [2.75, 3.05) is 34.0 Å². The Bertz CT molecular complexity index is 419. The van der Waals surface area contributed by atoms with Gasteiger partial charge in [0.1, 0.15) is 5.75 Å². The lowest BCUT2D eigenvalue weighted by Gasteiger charge is -2.13. The van der Waals surface area contributed by atoms with E-state index in [2.05, 4.69) is 0 Å². The highest BCUT2D eigenvalue weighted by Gasteiger charge is 2.18. The van der Waals surface area contributed by atoms with Gasteiger partial charge in [-0.2, -0.15) is 0 Å². The summed E-state index contributed by atoms with van der Waals surface area (Å²) in [6.07, 6.45) is 1.80. The van der Waals surface area contributed by atoms with E-state index in [-0.39, 0.29) is 0 Å². The van der Waals surface area contributed by atoms with E-state index in [1.165, 1.54) is 0 Å². The van der Waals surface area contributed by atoms with Crippen molar-refractivity contribution >= 4 is 5.97 Å². The molecule has 5 heteroatoms. The van der Waals surface area contributed by atoms with Crippen molar-refractivity contribution in [3.8, 4) is 5.75 Å². The number of carboxylic acid groups (broad SMARTS) is 1. The van der Waals surface area contributed by atoms with Gasteiger partial charge in [-0.1, -0.05) is 12.1 Å². The maximum atomic E-state index is 11.3. The number of hydrogen-bond acceptors (Lipinski definition) is 4. The van der Waals surface area contributed by atoms with Crippen molar-refractivity contribution in [1.29, 1.82) is 0 Å². The van der Waals surface area contributed by atoms with Crippen LogP contribution in [0.25, 0.3) is 0 Å². The van der Waals surface area contributed by atoms with Gasteiger partial charge in [-0.15, -0.1) is 0 Å². The summed E-state index contributed by atoms with van der Waals surface area (Å²) in [7, 11) is 3.25. The van der Waals surface area contributed by atoms with Crippen LogP contribution in [0.15, 0.2) is 24.3 Å². The number of ether oxygens (including phenoxy) is 3. The molecule has 0 fully saturated rings. The van der Waals surface area contributed by atoms with Crippen molar-refractivity contribution in [2.24, 2.45) is 5.92 Å². The van der Waals surface area contributed by atoms with E-state index < -0.39 is 11.9 Å². The van der Waals surface area contributed by atoms with Gasteiger partial charge in [0.15, 0.2) is 0 Å². The molecule has 0 amide bonds. The molecule has 0 aromatic heterocycles. The van der Waals surface area contributed by atoms with Crippen LogP contribution >= 0.6 is 0 Å². The third-order valence-electron chi connectivity index (χ3n) is 3.21. The molecule has 1 aromatic rings. The van der Waals surface area contributed by atoms with Crippen LogP contribution < -0.4 is 4.74 Å². The fourth-order valence-corrected chi connectivity index (χ4v) is 2.03. The van der Waals surface area contributed by atoms with Crippen LogP contribution in [0.3, 0.4) is 0 Å². The predicted molar refractivity (Wildman–Crippen MR) is 79.8 cm³/mol. The first-order chi connectivity index (χ1) is 10.2. The fraction of sp³-hybridized carbons (Fsp3) is 0.562. The van der Waals surface area contributed by atoms with Crippen LogP contribution in [0.1, 0.15) is 18.4 Å². The van der Waals surface area contributed by atoms with Crippen molar-refractivity contribution in [1.82, 2.24) is 0 Å². The molecule has 0 saturated heterocycles. The minimum Gasteiger partial charge on any atom is -0.497 e. The molecule has 0 aliphatic rings. The molecule has 0 aliphatic carbocycles. The third-order valence-corrected chi connectivity index (χ3v) is 3.21. The largest absolute Gasteiger partial charge is 0.497 e. The number of rotatable bonds is 11. The zero-order valence-electron chi connectivity index (χ0n) is 12.7. The Hall–Kier alpha value is -1.59. The van der Waals surface area contributed by atoms with Gasteiger partial charge in [0.05, 0.1) is 13.0 Å². The molecule has 1 N–H and O–H groups in total. The van der Waals surface area contributed by atoms with Crippen molar-refractivity contribution < 1.29 is 24.1 Å². The summed E-state index contributed by atoms with van der Waals surface area (Å²) in [5.41, 5.74) is 0.959. The number of benzene rings is 1. The van der Waals surface area contributed by atoms with Crippen molar-refractivity contribution in [3.63, 3.8) is 0 Å². The molecular formula is C16H24O5. The van der Waals surface area contributed by atoms with Crippen LogP contribution in [-0.2, 0) is 20.7 Å². The van der Waals surface area contributed by atoms with Crippen LogP contribution in [0.4, 0.5) is 0 Å². The summed E-state index contributed by atoms with van der Waals surface area (Å²) in [5, 5.41) is 9.30. The molecule has 0 heterocycles. The molecule has 1 atom stereocenters. The third kappa shape index (κ3) is 7.11. The van der Waals surface area contributed by atoms with Gasteiger partial charge in [-0.3, -0.25) is 4.79 Å². The number of hydrogen-bond donors (Lipinski definition) is 1. The smallest absolute Gasteiger partial charge is 0.306 e. The van der Waals surface area contributed by atoms with Crippen LogP contribution in [0, 0.1) is 5.92 Å². The number of methoxy groups -OCH3 is 2. The Morgan fingerprint density at radius 2 is 2.05 bits per heavy atom. The minimum absolute atomic E-state index is 0.445. The van der Waals surface area contributed by atoms with Gasteiger partial charge in [0.25, 0.3) is 0 Å². The van der Waals surface area contributed by atoms with Crippen LogP contribution in [-0.4, -0.2) is 45.1 Å². The summed E-state index contributed by atoms with van der Waals surface area (Å²) < 4.78 is 15.5. The van der Waals surface area contributed by atoms with Gasteiger partial charge in [-0.25, -0.2) is 0 Å². The second kappa shape index (κ2) is 10.2. The molecule has 5 nitrogen and oxygen atoms in total. The van der Waals surface area contributed by atoms with E-state index >= 15 is 0 Å². The minimum atomic E-state index is -0.793. The normalized spacial score (nSPS) is 12.1. The molecule has 0 aliphatic heterocycles. The maximum Gasteiger partial charge on any atom is 0.306 e. The number of carbonyl (C=O) groups is 1. The molecule has 0 saturated carbocycles. The number of aliphatic carboxylic acids is 1. The Kier molecular flexibility index (Phi) is 8.47. The summed E-state index contributed by atoms with van der Waals surface area (Å²) >= 11 is 0. The van der Waals surface area contributed by atoms with Crippen molar-refractivity contribution in [3.05, 3.63) is 29.8 Å². The molecule has 0 bridgehead atoms. The molecule has 1 rings (SSSR count). The summed E-state index contributed by atoms with van der Waals surface area (Å²) in [5.74, 6) is -0.495. The van der Waals surface area contributed by atoms with Gasteiger partial charge in [0, 0.05) is 26.9 Å². The van der Waals surface area contributed by atoms with Gasteiger partial charge < -0.3 is 19.3 Å². The molecule has 118 valence electrons. The van der Waals surface area contributed by atoms with E-state index in [4.69, 9.17) is 14.2 Å². The Morgan fingerprint density at radius 3 is 2.71 bits per heavy atom. The SMILES string of the molecule is COCCCOCCC(Cc1cccc(OC)c1)C(=O)O. The summed E-state index contributed by atoms with van der Waals surface area (Å²) in [4.78, 5) is 11.3. The first-order valence-corrected chi connectivity index (χ1v) is 7.09. The highest BCUT2D eigenvalue weighted by atomic mass is 16.5. The zero-order chi connectivity index (χ0) is 15.5. The van der Waals surface area contributed by atoms with Gasteiger partial charge >= 0.3 is 5.97 Å². The lowest BCUT2D eigenvalue weighted by molar-refractivity contribution is -0.142. The summed E-state index contributed by atoms with van der Waals surface area (Å²) in [6, 6.07) is 7.50. The highest BCUT2D eigenvalue weighted by Crippen LogP contribution is 2.18. The van der Waals surface area contributed by atoms with E-state index in [0.717, 1.165) is 17.7 Å². The fourth-order valence-electron chi connectivity index (χ4n) is 2.03. The maximum absolute atomic E-state index is 11.3. The van der Waals surface area contributed by atoms with Gasteiger partial charge in [-0.05, 0) is 37.0 Å². The average molecular weight is 296 g/mol.